The van der Waals surface area contributed by atoms with Gasteiger partial charge in [-0.15, -0.1) is 0 Å². The predicted octanol–water partition coefficient (Wildman–Crippen LogP) is 3.42. The second-order valence-corrected chi connectivity index (χ2v) is 7.13. The van der Waals surface area contributed by atoms with Crippen LogP contribution < -0.4 is 0 Å². The third-order valence-electron chi connectivity index (χ3n) is 6.14. The molecule has 112 valence electrons. The van der Waals surface area contributed by atoms with Crippen molar-refractivity contribution < 1.29 is 8.97 Å². The molecule has 0 spiro atoms. The molecule has 0 radical (unpaired) electrons. The minimum Gasteiger partial charge on any atom is -0.324 e. The van der Waals surface area contributed by atoms with Crippen molar-refractivity contribution in [2.75, 3.05) is 52.4 Å². The largest absolute Gasteiger partial charge is 0.324 e. The number of piperidine rings is 2. The summed E-state index contributed by atoms with van der Waals surface area (Å²) in [5.74, 6) is 0. The van der Waals surface area contributed by atoms with Crippen molar-refractivity contribution in [2.45, 2.75) is 58.8 Å². The van der Waals surface area contributed by atoms with E-state index in [-0.39, 0.29) is 0 Å². The molecule has 2 rings (SSSR count). The van der Waals surface area contributed by atoms with Crippen LogP contribution in [-0.2, 0) is 0 Å². The second kappa shape index (κ2) is 7.08. The first-order valence-corrected chi connectivity index (χ1v) is 8.94. The zero-order valence-electron chi connectivity index (χ0n) is 13.5. The quantitative estimate of drug-likeness (QED) is 0.648. The van der Waals surface area contributed by atoms with Gasteiger partial charge in [-0.3, -0.25) is 0 Å². The van der Waals surface area contributed by atoms with Gasteiger partial charge in [0, 0.05) is 6.42 Å². The first-order valence-electron chi connectivity index (χ1n) is 8.94. The summed E-state index contributed by atoms with van der Waals surface area (Å²) in [6, 6.07) is 0. The number of nitrogens with zero attached hydrogens (tertiary/aromatic N) is 2. The monoisotopic (exact) mass is 268 g/mol. The van der Waals surface area contributed by atoms with Crippen molar-refractivity contribution in [1.29, 1.82) is 0 Å². The van der Waals surface area contributed by atoms with E-state index in [4.69, 9.17) is 0 Å². The Hall–Kier alpha value is -0.0800. The third kappa shape index (κ3) is 3.95. The van der Waals surface area contributed by atoms with Gasteiger partial charge in [0.25, 0.3) is 0 Å². The van der Waals surface area contributed by atoms with Crippen molar-refractivity contribution >= 4 is 0 Å². The standard InChI is InChI=1S/C17H36N2/c1-3-18(12-7-5-8-13-18)16-11-17-19(4-2)14-9-6-10-15-19/h3-17H2,1-2H3/q+2. The Bertz CT molecular complexity index is 224. The van der Waals surface area contributed by atoms with E-state index in [0.29, 0.717) is 0 Å². The molecule has 2 aliphatic heterocycles. The van der Waals surface area contributed by atoms with Gasteiger partial charge in [0.1, 0.15) is 0 Å². The first kappa shape index (κ1) is 15.3. The molecule has 2 nitrogen and oxygen atoms in total. The number of rotatable bonds is 6. The molecule has 2 saturated heterocycles. The van der Waals surface area contributed by atoms with E-state index in [9.17, 15) is 0 Å². The Morgan fingerprint density at radius 1 is 0.579 bits per heavy atom. The summed E-state index contributed by atoms with van der Waals surface area (Å²) in [6.45, 7) is 16.3. The van der Waals surface area contributed by atoms with Crippen LogP contribution in [-0.4, -0.2) is 61.3 Å². The van der Waals surface area contributed by atoms with Crippen LogP contribution in [0.15, 0.2) is 0 Å². The highest BCUT2D eigenvalue weighted by Gasteiger charge is 2.31. The molecule has 0 N–H and O–H groups in total. The number of quaternary nitrogens is 2. The van der Waals surface area contributed by atoms with Gasteiger partial charge in [0.2, 0.25) is 0 Å². The van der Waals surface area contributed by atoms with E-state index in [1.807, 2.05) is 0 Å². The molecule has 0 bridgehead atoms. The Balaban J connectivity index is 1.80. The Kier molecular flexibility index (Phi) is 5.70. The molecule has 0 aliphatic carbocycles. The molecule has 19 heavy (non-hydrogen) atoms. The van der Waals surface area contributed by atoms with Crippen molar-refractivity contribution in [3.05, 3.63) is 0 Å². The lowest BCUT2D eigenvalue weighted by molar-refractivity contribution is -0.948. The van der Waals surface area contributed by atoms with Crippen LogP contribution in [0.3, 0.4) is 0 Å². The Morgan fingerprint density at radius 3 is 1.26 bits per heavy atom. The highest BCUT2D eigenvalue weighted by molar-refractivity contribution is 4.57. The molecule has 2 aliphatic rings. The number of likely N-dealkylation sites (tertiary alicyclic amines) is 2. The molecule has 0 atom stereocenters. The summed E-state index contributed by atoms with van der Waals surface area (Å²) in [5, 5.41) is 0. The highest BCUT2D eigenvalue weighted by atomic mass is 15.4. The SMILES string of the molecule is CC[N+]1(CCC[N+]2(CC)CCCCC2)CCCCC1. The molecule has 0 saturated carbocycles. The maximum atomic E-state index is 2.41. The van der Waals surface area contributed by atoms with E-state index in [1.165, 1.54) is 106 Å². The van der Waals surface area contributed by atoms with Crippen LogP contribution in [0.25, 0.3) is 0 Å². The Morgan fingerprint density at radius 2 is 0.947 bits per heavy atom. The minimum atomic E-state index is 1.37. The zero-order chi connectivity index (χ0) is 13.6. The lowest BCUT2D eigenvalue weighted by Crippen LogP contribution is -2.55. The van der Waals surface area contributed by atoms with E-state index in [0.717, 1.165) is 0 Å². The van der Waals surface area contributed by atoms with Gasteiger partial charge in [-0.25, -0.2) is 0 Å². The van der Waals surface area contributed by atoms with Crippen LogP contribution in [0, 0.1) is 0 Å². The van der Waals surface area contributed by atoms with E-state index in [2.05, 4.69) is 13.8 Å². The van der Waals surface area contributed by atoms with Crippen LogP contribution in [0.5, 0.6) is 0 Å². The van der Waals surface area contributed by atoms with Gasteiger partial charge >= 0.3 is 0 Å². The average molecular weight is 268 g/mol. The molecule has 0 unspecified atom stereocenters. The molecular weight excluding hydrogens is 232 g/mol. The fourth-order valence-electron chi connectivity index (χ4n) is 4.50. The van der Waals surface area contributed by atoms with Crippen molar-refractivity contribution in [3.8, 4) is 0 Å². The first-order chi connectivity index (χ1) is 9.24. The molecule has 2 heteroatoms. The maximum Gasteiger partial charge on any atom is 0.0840 e. The maximum absolute atomic E-state index is 2.41. The summed E-state index contributed by atoms with van der Waals surface area (Å²) in [6.07, 6.45) is 10.3. The smallest absolute Gasteiger partial charge is 0.0840 e. The van der Waals surface area contributed by atoms with Crippen LogP contribution >= 0.6 is 0 Å². The van der Waals surface area contributed by atoms with Gasteiger partial charge in [0.05, 0.1) is 52.4 Å². The predicted molar refractivity (Wildman–Crippen MR) is 83.1 cm³/mol. The van der Waals surface area contributed by atoms with Crippen molar-refractivity contribution in [3.63, 3.8) is 0 Å². The lowest BCUT2D eigenvalue weighted by atomic mass is 10.0. The van der Waals surface area contributed by atoms with Crippen LogP contribution in [0.2, 0.25) is 0 Å². The molecule has 2 fully saturated rings. The minimum absolute atomic E-state index is 1.37. The molecule has 0 aromatic carbocycles. The molecular formula is C17H36N2+2. The second-order valence-electron chi connectivity index (χ2n) is 7.13. The number of hydrogen-bond acceptors (Lipinski definition) is 0. The topological polar surface area (TPSA) is 0 Å². The summed E-state index contributed by atoms with van der Waals surface area (Å²) in [7, 11) is 0. The number of hydrogen-bond donors (Lipinski definition) is 0. The highest BCUT2D eigenvalue weighted by Crippen LogP contribution is 2.22. The van der Waals surface area contributed by atoms with Gasteiger partial charge in [-0.05, 0) is 52.4 Å². The summed E-state index contributed by atoms with van der Waals surface area (Å²) < 4.78 is 2.87. The molecule has 0 amide bonds. The molecule has 0 aromatic rings. The third-order valence-corrected chi connectivity index (χ3v) is 6.14. The van der Waals surface area contributed by atoms with Crippen LogP contribution in [0.1, 0.15) is 58.8 Å². The average Bonchev–Trinajstić information content (AvgIpc) is 2.49. The lowest BCUT2D eigenvalue weighted by Gasteiger charge is -2.44. The van der Waals surface area contributed by atoms with Gasteiger partial charge in [-0.2, -0.15) is 0 Å². The van der Waals surface area contributed by atoms with Gasteiger partial charge in [0.15, 0.2) is 0 Å². The van der Waals surface area contributed by atoms with Crippen LogP contribution in [0.4, 0.5) is 0 Å². The molecule has 0 aromatic heterocycles. The van der Waals surface area contributed by atoms with Crippen molar-refractivity contribution in [1.82, 2.24) is 0 Å². The Labute approximate surface area is 121 Å². The summed E-state index contributed by atoms with van der Waals surface area (Å²) >= 11 is 0. The molecule has 2 heterocycles. The summed E-state index contributed by atoms with van der Waals surface area (Å²) in [5.41, 5.74) is 0. The van der Waals surface area contributed by atoms with E-state index >= 15 is 0 Å². The fraction of sp³-hybridized carbons (Fsp3) is 1.00. The van der Waals surface area contributed by atoms with Crippen molar-refractivity contribution in [2.24, 2.45) is 0 Å². The van der Waals surface area contributed by atoms with Gasteiger partial charge in [-0.1, -0.05) is 0 Å². The summed E-state index contributed by atoms with van der Waals surface area (Å²) in [4.78, 5) is 0. The van der Waals surface area contributed by atoms with E-state index in [1.54, 1.807) is 0 Å². The zero-order valence-corrected chi connectivity index (χ0v) is 13.5. The normalized spacial score (nSPS) is 26.2. The fourth-order valence-corrected chi connectivity index (χ4v) is 4.50. The van der Waals surface area contributed by atoms with Gasteiger partial charge < -0.3 is 8.97 Å². The van der Waals surface area contributed by atoms with E-state index < -0.39 is 0 Å².